The summed E-state index contributed by atoms with van der Waals surface area (Å²) in [4.78, 5) is 10.6. The molecule has 0 aromatic heterocycles. The highest BCUT2D eigenvalue weighted by Crippen LogP contribution is 2.13. The van der Waals surface area contributed by atoms with E-state index in [0.717, 1.165) is 19.6 Å². The Labute approximate surface area is 157 Å². The fraction of sp³-hybridized carbons (Fsp3) is 0.955. The van der Waals surface area contributed by atoms with E-state index in [1.165, 1.54) is 103 Å². The quantitative estimate of drug-likeness (QED) is 0.320. The highest BCUT2D eigenvalue weighted by Gasteiger charge is 1.96. The summed E-state index contributed by atoms with van der Waals surface area (Å²) in [5.41, 5.74) is 5.11. The van der Waals surface area contributed by atoms with E-state index < -0.39 is 0 Å². The lowest BCUT2D eigenvalue weighted by Crippen LogP contribution is -2.09. The van der Waals surface area contributed by atoms with Gasteiger partial charge in [-0.1, -0.05) is 96.8 Å². The highest BCUT2D eigenvalue weighted by molar-refractivity contribution is 5.73. The minimum atomic E-state index is -0.153. The van der Waals surface area contributed by atoms with Gasteiger partial charge in [-0.2, -0.15) is 0 Å². The second kappa shape index (κ2) is 21.5. The van der Waals surface area contributed by atoms with Crippen LogP contribution in [0.2, 0.25) is 0 Å². The summed E-state index contributed by atoms with van der Waals surface area (Å²) in [6.07, 6.45) is 23.4. The van der Waals surface area contributed by atoms with Crippen LogP contribution in [0.4, 0.5) is 0 Å². The fourth-order valence-electron chi connectivity index (χ4n) is 3.18. The summed E-state index contributed by atoms with van der Waals surface area (Å²) in [6.45, 7) is 4.28. The largest absolute Gasteiger partial charge is 0.381 e. The van der Waals surface area contributed by atoms with Crippen molar-refractivity contribution in [3.8, 4) is 0 Å². The van der Waals surface area contributed by atoms with Gasteiger partial charge < -0.3 is 10.5 Å². The van der Waals surface area contributed by atoms with Crippen molar-refractivity contribution in [3.63, 3.8) is 0 Å². The van der Waals surface area contributed by atoms with Gasteiger partial charge in [0.15, 0.2) is 0 Å². The van der Waals surface area contributed by atoms with E-state index in [4.69, 9.17) is 10.5 Å². The Hall–Kier alpha value is -0.570. The maximum absolute atomic E-state index is 10.6. The number of amides is 1. The van der Waals surface area contributed by atoms with Crippen molar-refractivity contribution in [3.05, 3.63) is 0 Å². The SMILES string of the molecule is C1CCOC1.CCCCCCCCCCCCCCCCCC(N)=O. The lowest BCUT2D eigenvalue weighted by atomic mass is 10.0. The number of rotatable bonds is 16. The van der Waals surface area contributed by atoms with Crippen LogP contribution in [-0.4, -0.2) is 19.1 Å². The van der Waals surface area contributed by atoms with E-state index in [1.807, 2.05) is 0 Å². The van der Waals surface area contributed by atoms with Gasteiger partial charge in [-0.05, 0) is 19.3 Å². The molecule has 1 aliphatic heterocycles. The number of unbranched alkanes of at least 4 members (excludes halogenated alkanes) is 14. The maximum atomic E-state index is 10.6. The van der Waals surface area contributed by atoms with E-state index >= 15 is 0 Å². The molecule has 1 heterocycles. The van der Waals surface area contributed by atoms with Crippen molar-refractivity contribution in [1.82, 2.24) is 0 Å². The lowest BCUT2D eigenvalue weighted by Gasteiger charge is -2.03. The van der Waals surface area contributed by atoms with Crippen molar-refractivity contribution in [2.45, 2.75) is 122 Å². The predicted molar refractivity (Wildman–Crippen MR) is 109 cm³/mol. The Balaban J connectivity index is 0.000000972. The average molecular weight is 356 g/mol. The number of hydrogen-bond donors (Lipinski definition) is 1. The van der Waals surface area contributed by atoms with Gasteiger partial charge in [0.2, 0.25) is 5.91 Å². The lowest BCUT2D eigenvalue weighted by molar-refractivity contribution is -0.118. The minimum absolute atomic E-state index is 0.153. The summed E-state index contributed by atoms with van der Waals surface area (Å²) in [5, 5.41) is 0. The van der Waals surface area contributed by atoms with Gasteiger partial charge in [0.25, 0.3) is 0 Å². The van der Waals surface area contributed by atoms with Gasteiger partial charge in [-0.15, -0.1) is 0 Å². The highest BCUT2D eigenvalue weighted by atomic mass is 16.5. The van der Waals surface area contributed by atoms with Gasteiger partial charge in [-0.3, -0.25) is 4.79 Å². The number of ether oxygens (including phenoxy) is 1. The summed E-state index contributed by atoms with van der Waals surface area (Å²) in [6, 6.07) is 0. The monoisotopic (exact) mass is 355 g/mol. The molecule has 0 unspecified atom stereocenters. The molecule has 1 aliphatic rings. The third-order valence-electron chi connectivity index (χ3n) is 4.85. The van der Waals surface area contributed by atoms with Crippen molar-refractivity contribution < 1.29 is 9.53 Å². The minimum Gasteiger partial charge on any atom is -0.381 e. The molecule has 1 saturated heterocycles. The average Bonchev–Trinajstić information content (AvgIpc) is 3.18. The molecule has 3 nitrogen and oxygen atoms in total. The van der Waals surface area contributed by atoms with Crippen LogP contribution >= 0.6 is 0 Å². The van der Waals surface area contributed by atoms with Crippen LogP contribution in [0.3, 0.4) is 0 Å². The van der Waals surface area contributed by atoms with Crippen LogP contribution in [0.5, 0.6) is 0 Å². The molecule has 1 amide bonds. The van der Waals surface area contributed by atoms with Crippen LogP contribution in [0, 0.1) is 0 Å². The van der Waals surface area contributed by atoms with Crippen LogP contribution < -0.4 is 5.73 Å². The Morgan fingerprint density at radius 3 is 1.32 bits per heavy atom. The molecule has 0 aliphatic carbocycles. The van der Waals surface area contributed by atoms with Gasteiger partial charge in [0.1, 0.15) is 0 Å². The molecule has 25 heavy (non-hydrogen) atoms. The van der Waals surface area contributed by atoms with Gasteiger partial charge in [0.05, 0.1) is 0 Å². The number of carbonyl (C=O) groups excluding carboxylic acids is 1. The van der Waals surface area contributed by atoms with Crippen molar-refractivity contribution >= 4 is 5.91 Å². The Bertz CT molecular complexity index is 257. The molecule has 0 aromatic carbocycles. The number of nitrogens with two attached hydrogens (primary N) is 1. The van der Waals surface area contributed by atoms with E-state index in [9.17, 15) is 4.79 Å². The van der Waals surface area contributed by atoms with Crippen molar-refractivity contribution in [2.75, 3.05) is 13.2 Å². The van der Waals surface area contributed by atoms with E-state index in [2.05, 4.69) is 6.92 Å². The summed E-state index contributed by atoms with van der Waals surface area (Å²) in [5.74, 6) is -0.153. The summed E-state index contributed by atoms with van der Waals surface area (Å²) in [7, 11) is 0. The molecule has 2 N–H and O–H groups in total. The molecule has 150 valence electrons. The molecule has 0 saturated carbocycles. The fourth-order valence-corrected chi connectivity index (χ4v) is 3.18. The van der Waals surface area contributed by atoms with Crippen LogP contribution in [0.15, 0.2) is 0 Å². The zero-order valence-electron chi connectivity index (χ0n) is 17.0. The first-order valence-electron chi connectivity index (χ1n) is 11.1. The van der Waals surface area contributed by atoms with Crippen molar-refractivity contribution in [2.24, 2.45) is 5.73 Å². The van der Waals surface area contributed by atoms with Gasteiger partial charge >= 0.3 is 0 Å². The third-order valence-corrected chi connectivity index (χ3v) is 4.85. The second-order valence-corrected chi connectivity index (χ2v) is 7.49. The van der Waals surface area contributed by atoms with Gasteiger partial charge in [-0.25, -0.2) is 0 Å². The second-order valence-electron chi connectivity index (χ2n) is 7.49. The van der Waals surface area contributed by atoms with Crippen LogP contribution in [-0.2, 0) is 9.53 Å². The number of hydrogen-bond acceptors (Lipinski definition) is 2. The number of primary amides is 1. The first-order chi connectivity index (χ1) is 12.3. The summed E-state index contributed by atoms with van der Waals surface area (Å²) < 4.78 is 4.94. The topological polar surface area (TPSA) is 52.3 Å². The molecule has 0 aromatic rings. The predicted octanol–water partition coefficient (Wildman–Crippen LogP) is 6.53. The normalized spacial score (nSPS) is 13.5. The van der Waals surface area contributed by atoms with Crippen LogP contribution in [0.25, 0.3) is 0 Å². The molecular weight excluding hydrogens is 310 g/mol. The Morgan fingerprint density at radius 2 is 1.04 bits per heavy atom. The first kappa shape index (κ1) is 24.4. The Morgan fingerprint density at radius 1 is 0.680 bits per heavy atom. The molecule has 1 rings (SSSR count). The van der Waals surface area contributed by atoms with E-state index in [-0.39, 0.29) is 5.91 Å². The zero-order chi connectivity index (χ0) is 18.4. The standard InChI is InChI=1S/C18H37NO.C4H8O/c1-2-3-4-5-6-7-8-9-10-11-12-13-14-15-16-17-18(19)20;1-2-4-5-3-1/h2-17H2,1H3,(H2,19,20);1-4H2. The molecule has 3 heteroatoms. The summed E-state index contributed by atoms with van der Waals surface area (Å²) >= 11 is 0. The zero-order valence-corrected chi connectivity index (χ0v) is 17.0. The van der Waals surface area contributed by atoms with E-state index in [1.54, 1.807) is 0 Å². The molecule has 0 radical (unpaired) electrons. The molecular formula is C22H45NO2. The molecule has 0 bridgehead atoms. The molecule has 0 spiro atoms. The number of carbonyl (C=O) groups is 1. The maximum Gasteiger partial charge on any atom is 0.217 e. The molecule has 1 fully saturated rings. The Kier molecular flexibility index (Phi) is 21.0. The van der Waals surface area contributed by atoms with Crippen molar-refractivity contribution in [1.29, 1.82) is 0 Å². The van der Waals surface area contributed by atoms with Crippen LogP contribution in [0.1, 0.15) is 122 Å². The van der Waals surface area contributed by atoms with E-state index in [0.29, 0.717) is 6.42 Å². The molecule has 0 atom stereocenters. The third kappa shape index (κ3) is 23.4. The first-order valence-corrected chi connectivity index (χ1v) is 11.1. The smallest absolute Gasteiger partial charge is 0.217 e. The van der Waals surface area contributed by atoms with Gasteiger partial charge in [0, 0.05) is 19.6 Å².